The Morgan fingerprint density at radius 3 is 2.86 bits per heavy atom. The van der Waals surface area contributed by atoms with Crippen molar-refractivity contribution in [2.75, 3.05) is 0 Å². The third-order valence-corrected chi connectivity index (χ3v) is 2.05. The van der Waals surface area contributed by atoms with Crippen LogP contribution >= 0.6 is 0 Å². The maximum Gasteiger partial charge on any atom is 0.128 e. The van der Waals surface area contributed by atoms with Crippen LogP contribution in [-0.4, -0.2) is 15.1 Å². The smallest absolute Gasteiger partial charge is 0.128 e. The number of phenolic OH excluding ortho intramolecular Hbond substituents is 1. The first-order chi connectivity index (χ1) is 6.68. The molecule has 0 saturated heterocycles. The van der Waals surface area contributed by atoms with E-state index >= 15 is 0 Å². The highest BCUT2D eigenvalue weighted by atomic mass is 19.1. The molecular weight excluding hydrogens is 183 g/mol. The molecule has 3 nitrogen and oxygen atoms in total. The van der Waals surface area contributed by atoms with Crippen molar-refractivity contribution in [3.05, 3.63) is 36.0 Å². The van der Waals surface area contributed by atoms with Crippen LogP contribution in [0.25, 0.3) is 11.3 Å². The predicted molar refractivity (Wildman–Crippen MR) is 50.4 cm³/mol. The van der Waals surface area contributed by atoms with Crippen molar-refractivity contribution in [3.8, 4) is 17.0 Å². The summed E-state index contributed by atoms with van der Waals surface area (Å²) in [6.07, 6.45) is 3.02. The second-order valence-corrected chi connectivity index (χ2v) is 3.08. The van der Waals surface area contributed by atoms with Crippen molar-refractivity contribution >= 4 is 0 Å². The van der Waals surface area contributed by atoms with Gasteiger partial charge >= 0.3 is 0 Å². The topological polar surface area (TPSA) is 48.9 Å². The molecule has 2 N–H and O–H groups in total. The van der Waals surface area contributed by atoms with Crippen molar-refractivity contribution in [3.63, 3.8) is 0 Å². The normalized spacial score (nSPS) is 10.4. The van der Waals surface area contributed by atoms with Crippen LogP contribution in [0.2, 0.25) is 0 Å². The van der Waals surface area contributed by atoms with Gasteiger partial charge in [0.15, 0.2) is 0 Å². The first-order valence-electron chi connectivity index (χ1n) is 4.16. The minimum absolute atomic E-state index is 0.0793. The average molecular weight is 192 g/mol. The van der Waals surface area contributed by atoms with Gasteiger partial charge in [0.05, 0.1) is 18.2 Å². The number of rotatable bonds is 1. The highest BCUT2D eigenvalue weighted by Gasteiger charge is 2.09. The van der Waals surface area contributed by atoms with Crippen LogP contribution in [0.3, 0.4) is 0 Å². The van der Waals surface area contributed by atoms with E-state index in [2.05, 4.69) is 9.97 Å². The largest absolute Gasteiger partial charge is 0.507 e. The molecule has 2 rings (SSSR count). The highest BCUT2D eigenvalue weighted by molar-refractivity contribution is 5.68. The lowest BCUT2D eigenvalue weighted by molar-refractivity contribution is 0.470. The van der Waals surface area contributed by atoms with Gasteiger partial charge in [-0.25, -0.2) is 9.37 Å². The van der Waals surface area contributed by atoms with Crippen molar-refractivity contribution in [1.82, 2.24) is 9.97 Å². The summed E-state index contributed by atoms with van der Waals surface area (Å²) >= 11 is 0. The molecule has 4 heteroatoms. The molecule has 1 aromatic carbocycles. The van der Waals surface area contributed by atoms with Gasteiger partial charge in [-0.05, 0) is 24.6 Å². The van der Waals surface area contributed by atoms with Gasteiger partial charge in [-0.3, -0.25) is 0 Å². The lowest BCUT2D eigenvalue weighted by Gasteiger charge is -2.05. The number of aromatic amines is 1. The molecule has 0 radical (unpaired) electrons. The maximum absolute atomic E-state index is 13.1. The minimum Gasteiger partial charge on any atom is -0.507 e. The van der Waals surface area contributed by atoms with Gasteiger partial charge in [0.2, 0.25) is 0 Å². The van der Waals surface area contributed by atoms with Crippen LogP contribution in [0.1, 0.15) is 5.56 Å². The van der Waals surface area contributed by atoms with Crippen LogP contribution in [0.15, 0.2) is 24.7 Å². The van der Waals surface area contributed by atoms with Crippen molar-refractivity contribution < 1.29 is 9.50 Å². The predicted octanol–water partition coefficient (Wildman–Crippen LogP) is 2.23. The summed E-state index contributed by atoms with van der Waals surface area (Å²) in [4.78, 5) is 6.62. The van der Waals surface area contributed by atoms with Crippen LogP contribution in [-0.2, 0) is 0 Å². The summed E-state index contributed by atoms with van der Waals surface area (Å²) in [7, 11) is 0. The Morgan fingerprint density at radius 2 is 2.21 bits per heavy atom. The van der Waals surface area contributed by atoms with Crippen LogP contribution in [0.4, 0.5) is 4.39 Å². The SMILES string of the molecule is Cc1cc(F)cc(-c2cnc[nH]2)c1O. The number of halogens is 1. The second-order valence-electron chi connectivity index (χ2n) is 3.08. The zero-order valence-electron chi connectivity index (χ0n) is 7.58. The zero-order valence-corrected chi connectivity index (χ0v) is 7.58. The number of nitrogens with zero attached hydrogens (tertiary/aromatic N) is 1. The first-order valence-corrected chi connectivity index (χ1v) is 4.16. The lowest BCUT2D eigenvalue weighted by Crippen LogP contribution is -1.85. The van der Waals surface area contributed by atoms with E-state index in [-0.39, 0.29) is 11.6 Å². The fraction of sp³-hybridized carbons (Fsp3) is 0.100. The third kappa shape index (κ3) is 1.35. The average Bonchev–Trinajstić information content (AvgIpc) is 2.63. The molecule has 0 aliphatic rings. The molecule has 1 heterocycles. The van der Waals surface area contributed by atoms with E-state index in [0.29, 0.717) is 16.8 Å². The van der Waals surface area contributed by atoms with Gasteiger partial charge in [-0.1, -0.05) is 0 Å². The molecule has 0 bridgehead atoms. The maximum atomic E-state index is 13.1. The van der Waals surface area contributed by atoms with E-state index in [9.17, 15) is 9.50 Å². The van der Waals surface area contributed by atoms with Crippen molar-refractivity contribution in [1.29, 1.82) is 0 Å². The van der Waals surface area contributed by atoms with Gasteiger partial charge in [0.1, 0.15) is 11.6 Å². The second kappa shape index (κ2) is 3.14. The molecule has 0 aliphatic carbocycles. The van der Waals surface area contributed by atoms with E-state index in [1.54, 1.807) is 6.92 Å². The first kappa shape index (κ1) is 8.74. The fourth-order valence-electron chi connectivity index (χ4n) is 1.34. The van der Waals surface area contributed by atoms with E-state index in [1.807, 2.05) is 0 Å². The Hall–Kier alpha value is -1.84. The van der Waals surface area contributed by atoms with Crippen molar-refractivity contribution in [2.24, 2.45) is 0 Å². The van der Waals surface area contributed by atoms with Crippen LogP contribution in [0.5, 0.6) is 5.75 Å². The van der Waals surface area contributed by atoms with E-state index in [1.165, 1.54) is 24.7 Å². The zero-order chi connectivity index (χ0) is 10.1. The summed E-state index contributed by atoms with van der Waals surface area (Å²) < 4.78 is 13.1. The Kier molecular flexibility index (Phi) is 1.96. The van der Waals surface area contributed by atoms with E-state index < -0.39 is 0 Å². The fourth-order valence-corrected chi connectivity index (χ4v) is 1.34. The summed E-state index contributed by atoms with van der Waals surface area (Å²) in [6, 6.07) is 2.56. The number of hydrogen-bond acceptors (Lipinski definition) is 2. The van der Waals surface area contributed by atoms with Crippen LogP contribution in [0, 0.1) is 12.7 Å². The minimum atomic E-state index is -0.370. The number of hydrogen-bond donors (Lipinski definition) is 2. The monoisotopic (exact) mass is 192 g/mol. The number of H-pyrrole nitrogens is 1. The Morgan fingerprint density at radius 1 is 1.43 bits per heavy atom. The highest BCUT2D eigenvalue weighted by Crippen LogP contribution is 2.31. The lowest BCUT2D eigenvalue weighted by atomic mass is 10.1. The Balaban J connectivity index is 2.64. The molecule has 0 unspecified atom stereocenters. The van der Waals surface area contributed by atoms with Gasteiger partial charge < -0.3 is 10.1 Å². The van der Waals surface area contributed by atoms with Crippen LogP contribution < -0.4 is 0 Å². The number of benzene rings is 1. The number of imidazole rings is 1. The van der Waals surface area contributed by atoms with E-state index in [4.69, 9.17) is 0 Å². The van der Waals surface area contributed by atoms with Crippen molar-refractivity contribution in [2.45, 2.75) is 6.92 Å². The molecule has 0 saturated carbocycles. The van der Waals surface area contributed by atoms with Gasteiger partial charge in [0, 0.05) is 5.56 Å². The molecular formula is C10H9FN2O. The van der Waals surface area contributed by atoms with Gasteiger partial charge in [-0.2, -0.15) is 0 Å². The quantitative estimate of drug-likeness (QED) is 0.727. The molecule has 2 aromatic rings. The molecule has 0 amide bonds. The summed E-state index contributed by atoms with van der Waals surface area (Å²) in [5.74, 6) is -0.291. The van der Waals surface area contributed by atoms with Gasteiger partial charge in [0.25, 0.3) is 0 Å². The molecule has 72 valence electrons. The summed E-state index contributed by atoms with van der Waals surface area (Å²) in [5.41, 5.74) is 1.54. The summed E-state index contributed by atoms with van der Waals surface area (Å²) in [5, 5.41) is 9.68. The molecule has 0 atom stereocenters. The third-order valence-electron chi connectivity index (χ3n) is 2.05. The number of aryl methyl sites for hydroxylation is 1. The molecule has 1 aromatic heterocycles. The number of nitrogens with one attached hydrogen (secondary N) is 1. The van der Waals surface area contributed by atoms with Gasteiger partial charge in [-0.15, -0.1) is 0 Å². The standard InChI is InChI=1S/C10H9FN2O/c1-6-2-7(11)3-8(10(6)14)9-4-12-5-13-9/h2-5,14H,1H3,(H,12,13). The number of aromatic hydroxyl groups is 1. The molecule has 0 fully saturated rings. The Bertz CT molecular complexity index is 451. The molecule has 0 spiro atoms. The Labute approximate surface area is 80.2 Å². The number of phenols is 1. The van der Waals surface area contributed by atoms with E-state index in [0.717, 1.165) is 0 Å². The summed E-state index contributed by atoms with van der Waals surface area (Å²) in [6.45, 7) is 1.65. The number of aromatic nitrogens is 2. The molecule has 0 aliphatic heterocycles. The molecule has 14 heavy (non-hydrogen) atoms.